The highest BCUT2D eigenvalue weighted by Gasteiger charge is 2.18. The van der Waals surface area contributed by atoms with Crippen LogP contribution in [-0.2, 0) is 21.9 Å². The van der Waals surface area contributed by atoms with Crippen molar-refractivity contribution in [3.63, 3.8) is 0 Å². The van der Waals surface area contributed by atoms with Crippen LogP contribution in [0.3, 0.4) is 0 Å². The van der Waals surface area contributed by atoms with Crippen molar-refractivity contribution in [2.45, 2.75) is 11.8 Å². The van der Waals surface area contributed by atoms with Crippen LogP contribution in [0.15, 0.2) is 47.4 Å². The largest absolute Gasteiger partial charge is 0.340 e. The predicted octanol–water partition coefficient (Wildman–Crippen LogP) is 3.05. The Balaban J connectivity index is 1.86. The highest BCUT2D eigenvalue weighted by molar-refractivity contribution is 7.90. The number of carbonyl (C=O) groups is 2. The molecule has 0 fully saturated rings. The quantitative estimate of drug-likeness (QED) is 0.674. The molecule has 146 valence electrons. The van der Waals surface area contributed by atoms with E-state index < -0.39 is 27.7 Å². The summed E-state index contributed by atoms with van der Waals surface area (Å²) >= 11 is 5.97. The molecule has 7 nitrogen and oxygen atoms in total. The van der Waals surface area contributed by atoms with Gasteiger partial charge in [0, 0.05) is 25.0 Å². The number of aromatic nitrogens is 1. The van der Waals surface area contributed by atoms with Gasteiger partial charge < -0.3 is 9.88 Å². The van der Waals surface area contributed by atoms with Gasteiger partial charge in [0.15, 0.2) is 0 Å². The number of nitrogens with one attached hydrogen (secondary N) is 2. The first-order valence-electron chi connectivity index (χ1n) is 7.98. The Morgan fingerprint density at radius 1 is 1.11 bits per heavy atom. The molecule has 2 N–H and O–H groups in total. The van der Waals surface area contributed by atoms with Crippen molar-refractivity contribution in [1.29, 1.82) is 0 Å². The fraction of sp³-hybridized carbons (Fsp3) is 0.111. The Kier molecular flexibility index (Phi) is 5.14. The second-order valence-electron chi connectivity index (χ2n) is 6.02. The molecule has 0 unspecified atom stereocenters. The lowest BCUT2D eigenvalue weighted by atomic mass is 10.2. The smallest absolute Gasteiger partial charge is 0.272 e. The lowest BCUT2D eigenvalue weighted by Gasteiger charge is -2.08. The van der Waals surface area contributed by atoms with Gasteiger partial charge in [-0.25, -0.2) is 17.5 Å². The van der Waals surface area contributed by atoms with E-state index in [9.17, 15) is 22.4 Å². The van der Waals surface area contributed by atoms with Gasteiger partial charge in [-0.1, -0.05) is 11.6 Å². The first-order chi connectivity index (χ1) is 13.1. The first-order valence-corrected chi connectivity index (χ1v) is 9.84. The molecule has 10 heteroatoms. The van der Waals surface area contributed by atoms with E-state index in [-0.39, 0.29) is 15.6 Å². The van der Waals surface area contributed by atoms with E-state index >= 15 is 0 Å². The molecule has 0 aliphatic rings. The van der Waals surface area contributed by atoms with Crippen LogP contribution in [0.1, 0.15) is 17.4 Å². The van der Waals surface area contributed by atoms with E-state index in [2.05, 4.69) is 5.32 Å². The number of carbonyl (C=O) groups excluding carboxylic acids is 2. The molecule has 28 heavy (non-hydrogen) atoms. The van der Waals surface area contributed by atoms with Crippen molar-refractivity contribution in [3.8, 4) is 0 Å². The molecule has 0 saturated carbocycles. The Bertz CT molecular complexity index is 1200. The summed E-state index contributed by atoms with van der Waals surface area (Å²) in [4.78, 5) is 23.4. The van der Waals surface area contributed by atoms with E-state index in [1.807, 2.05) is 4.72 Å². The number of benzene rings is 2. The van der Waals surface area contributed by atoms with E-state index in [1.54, 1.807) is 11.6 Å². The summed E-state index contributed by atoms with van der Waals surface area (Å²) in [5, 5.41) is 2.97. The third-order valence-corrected chi connectivity index (χ3v) is 5.88. The molecule has 0 aliphatic carbocycles. The normalized spacial score (nSPS) is 11.4. The van der Waals surface area contributed by atoms with Crippen molar-refractivity contribution in [3.05, 3.63) is 59.0 Å². The summed E-state index contributed by atoms with van der Waals surface area (Å²) < 4.78 is 40.9. The number of nitrogens with zero attached hydrogens (tertiary/aromatic N) is 1. The monoisotopic (exact) mass is 423 g/mol. The molecule has 1 heterocycles. The molecular formula is C18H15ClFN3O4S. The number of fused-ring (bicyclic) bond motifs is 1. The zero-order valence-electron chi connectivity index (χ0n) is 14.8. The number of sulfonamides is 1. The molecule has 0 spiro atoms. The van der Waals surface area contributed by atoms with Gasteiger partial charge in [0.1, 0.15) is 11.5 Å². The summed E-state index contributed by atoms with van der Waals surface area (Å²) in [7, 11) is -2.31. The van der Waals surface area contributed by atoms with Crippen molar-refractivity contribution in [1.82, 2.24) is 9.29 Å². The minimum absolute atomic E-state index is 0.0697. The van der Waals surface area contributed by atoms with Gasteiger partial charge >= 0.3 is 0 Å². The summed E-state index contributed by atoms with van der Waals surface area (Å²) in [5.74, 6) is -1.77. The molecule has 0 saturated heterocycles. The zero-order chi connectivity index (χ0) is 20.6. The fourth-order valence-electron chi connectivity index (χ4n) is 2.73. The second kappa shape index (κ2) is 7.25. The molecule has 0 bridgehead atoms. The third-order valence-electron chi connectivity index (χ3n) is 4.05. The molecule has 0 atom stereocenters. The number of aryl methyl sites for hydroxylation is 1. The van der Waals surface area contributed by atoms with E-state index in [0.717, 1.165) is 6.92 Å². The average molecular weight is 424 g/mol. The zero-order valence-corrected chi connectivity index (χ0v) is 16.4. The van der Waals surface area contributed by atoms with Crippen molar-refractivity contribution < 1.29 is 22.4 Å². The molecular weight excluding hydrogens is 409 g/mol. The van der Waals surface area contributed by atoms with Gasteiger partial charge in [-0.05, 0) is 42.5 Å². The van der Waals surface area contributed by atoms with Crippen molar-refractivity contribution in [2.75, 3.05) is 5.32 Å². The van der Waals surface area contributed by atoms with Crippen molar-refractivity contribution >= 4 is 50.0 Å². The number of amides is 2. The highest BCUT2D eigenvalue weighted by Crippen LogP contribution is 2.29. The maximum Gasteiger partial charge on any atom is 0.272 e. The summed E-state index contributed by atoms with van der Waals surface area (Å²) in [6, 6.07) is 9.52. The van der Waals surface area contributed by atoms with Gasteiger partial charge in [-0.3, -0.25) is 9.59 Å². The highest BCUT2D eigenvalue weighted by atomic mass is 35.5. The maximum absolute atomic E-state index is 13.6. The third kappa shape index (κ3) is 3.71. The Hall–Kier alpha value is -2.91. The molecule has 2 aromatic carbocycles. The minimum Gasteiger partial charge on any atom is -0.340 e. The maximum atomic E-state index is 13.6. The van der Waals surface area contributed by atoms with Gasteiger partial charge in [0.05, 0.1) is 15.4 Å². The number of halogens is 2. The van der Waals surface area contributed by atoms with Crippen LogP contribution in [0, 0.1) is 5.82 Å². The van der Waals surface area contributed by atoms with E-state index in [4.69, 9.17) is 11.6 Å². The van der Waals surface area contributed by atoms with Gasteiger partial charge in [0.2, 0.25) is 5.91 Å². The van der Waals surface area contributed by atoms with Crippen LogP contribution in [0.5, 0.6) is 0 Å². The molecule has 1 aromatic heterocycles. The number of rotatable bonds is 4. The number of hydrogen-bond acceptors (Lipinski definition) is 4. The van der Waals surface area contributed by atoms with Gasteiger partial charge in [-0.15, -0.1) is 0 Å². The van der Waals surface area contributed by atoms with Crippen LogP contribution in [0.2, 0.25) is 5.02 Å². The van der Waals surface area contributed by atoms with Crippen LogP contribution < -0.4 is 10.0 Å². The lowest BCUT2D eigenvalue weighted by molar-refractivity contribution is -0.117. The second-order valence-corrected chi connectivity index (χ2v) is 8.08. The topological polar surface area (TPSA) is 97.3 Å². The Morgan fingerprint density at radius 3 is 2.36 bits per heavy atom. The summed E-state index contributed by atoms with van der Waals surface area (Å²) in [5.41, 5.74) is 1.18. The SMILES string of the molecule is CC(=O)NS(=O)(=O)c1ccc(NC(=O)c2cc3c(Cl)c(F)ccc3n2C)cc1. The Labute approximate surface area is 165 Å². The lowest BCUT2D eigenvalue weighted by Crippen LogP contribution is -2.28. The van der Waals surface area contributed by atoms with Gasteiger partial charge in [-0.2, -0.15) is 0 Å². The molecule has 3 aromatic rings. The average Bonchev–Trinajstić information content (AvgIpc) is 2.95. The fourth-order valence-corrected chi connectivity index (χ4v) is 3.93. The first kappa shape index (κ1) is 19.8. The van der Waals surface area contributed by atoms with Crippen LogP contribution >= 0.6 is 11.6 Å². The number of hydrogen-bond donors (Lipinski definition) is 2. The van der Waals surface area contributed by atoms with Crippen LogP contribution in [0.4, 0.5) is 10.1 Å². The number of anilines is 1. The molecule has 3 rings (SSSR count). The summed E-state index contributed by atoms with van der Waals surface area (Å²) in [6.07, 6.45) is 0. The standard InChI is InChI=1S/C18H15ClFN3O4S/c1-10(24)22-28(26,27)12-5-3-11(4-6-12)21-18(25)16-9-13-15(23(16)2)8-7-14(20)17(13)19/h3-9H,1-2H3,(H,21,25)(H,22,24). The van der Waals surface area contributed by atoms with Crippen molar-refractivity contribution in [2.24, 2.45) is 7.05 Å². The molecule has 2 amide bonds. The minimum atomic E-state index is -3.96. The van der Waals surface area contributed by atoms with Gasteiger partial charge in [0.25, 0.3) is 15.9 Å². The Morgan fingerprint density at radius 2 is 1.75 bits per heavy atom. The van der Waals surface area contributed by atoms with Crippen LogP contribution in [0.25, 0.3) is 10.9 Å². The molecule has 0 aliphatic heterocycles. The summed E-state index contributed by atoms with van der Waals surface area (Å²) in [6.45, 7) is 1.09. The van der Waals surface area contributed by atoms with E-state index in [1.165, 1.54) is 42.5 Å². The van der Waals surface area contributed by atoms with Crippen LogP contribution in [-0.4, -0.2) is 24.8 Å². The van der Waals surface area contributed by atoms with E-state index in [0.29, 0.717) is 16.6 Å². The predicted molar refractivity (Wildman–Crippen MR) is 103 cm³/mol. The molecule has 0 radical (unpaired) electrons.